The summed E-state index contributed by atoms with van der Waals surface area (Å²) < 4.78 is 17.1. The zero-order chi connectivity index (χ0) is 12.1. The topological polar surface area (TPSA) is 9.23 Å². The molecule has 1 atom stereocenters. The lowest BCUT2D eigenvalue weighted by Gasteiger charge is -2.14. The van der Waals surface area contributed by atoms with Gasteiger partial charge in [-0.15, -0.1) is 0 Å². The maximum absolute atomic E-state index is 12.1. The maximum Gasteiger partial charge on any atom is 0.188 e. The fourth-order valence-electron chi connectivity index (χ4n) is 2.05. The van der Waals surface area contributed by atoms with Crippen LogP contribution in [0.25, 0.3) is 0 Å². The van der Waals surface area contributed by atoms with Gasteiger partial charge in [0, 0.05) is 0 Å². The Balaban J connectivity index is 3.25. The van der Waals surface area contributed by atoms with E-state index < -0.39 is 6.86 Å². The molecule has 0 aromatic heterocycles. The zero-order valence-electron chi connectivity index (χ0n) is 11.1. The highest BCUT2D eigenvalue weighted by Crippen LogP contribution is 2.14. The minimum atomic E-state index is -0.624. The predicted octanol–water partition coefficient (Wildman–Crippen LogP) is 5.24. The summed E-state index contributed by atoms with van der Waals surface area (Å²) in [6.07, 6.45) is 12.5. The highest BCUT2D eigenvalue weighted by Gasteiger charge is 2.06. The summed E-state index contributed by atoms with van der Waals surface area (Å²) >= 11 is 0. The molecule has 0 aromatic rings. The standard InChI is InChI=1S/C14H29FO/c1-3-5-6-7-8-9-10-12-14(11-4-2)16-13-15/h14H,3-13H2,1-2H3. The third-order valence-electron chi connectivity index (χ3n) is 3.04. The number of hydrogen-bond acceptors (Lipinski definition) is 1. The molecule has 16 heavy (non-hydrogen) atoms. The number of rotatable bonds is 12. The average molecular weight is 232 g/mol. The van der Waals surface area contributed by atoms with Gasteiger partial charge < -0.3 is 4.74 Å². The summed E-state index contributed by atoms with van der Waals surface area (Å²) in [5.41, 5.74) is 0. The van der Waals surface area contributed by atoms with Crippen molar-refractivity contribution in [3.8, 4) is 0 Å². The number of unbranched alkanes of at least 4 members (excludes halogenated alkanes) is 6. The molecule has 98 valence electrons. The third kappa shape index (κ3) is 10.4. The Morgan fingerprint density at radius 2 is 1.44 bits per heavy atom. The molecule has 0 heterocycles. The van der Waals surface area contributed by atoms with Gasteiger partial charge >= 0.3 is 0 Å². The fraction of sp³-hybridized carbons (Fsp3) is 1.00. The summed E-state index contributed by atoms with van der Waals surface area (Å²) in [5.74, 6) is 0. The van der Waals surface area contributed by atoms with Crippen molar-refractivity contribution in [3.63, 3.8) is 0 Å². The fourth-order valence-corrected chi connectivity index (χ4v) is 2.05. The number of alkyl halides is 1. The number of halogens is 1. The van der Waals surface area contributed by atoms with Crippen LogP contribution in [0, 0.1) is 0 Å². The summed E-state index contributed by atoms with van der Waals surface area (Å²) in [7, 11) is 0. The molecule has 0 saturated heterocycles. The van der Waals surface area contributed by atoms with Gasteiger partial charge in [0.05, 0.1) is 6.10 Å². The second kappa shape index (κ2) is 13.0. The third-order valence-corrected chi connectivity index (χ3v) is 3.04. The van der Waals surface area contributed by atoms with Crippen LogP contribution in [0.1, 0.15) is 78.1 Å². The van der Waals surface area contributed by atoms with Gasteiger partial charge in [0.25, 0.3) is 0 Å². The molecule has 0 bridgehead atoms. The Morgan fingerprint density at radius 3 is 2.00 bits per heavy atom. The van der Waals surface area contributed by atoms with E-state index in [9.17, 15) is 4.39 Å². The van der Waals surface area contributed by atoms with Gasteiger partial charge in [0.15, 0.2) is 6.86 Å². The van der Waals surface area contributed by atoms with E-state index in [4.69, 9.17) is 4.74 Å². The van der Waals surface area contributed by atoms with E-state index in [0.29, 0.717) is 0 Å². The van der Waals surface area contributed by atoms with Gasteiger partial charge in [-0.1, -0.05) is 65.2 Å². The minimum Gasteiger partial charge on any atom is -0.347 e. The van der Waals surface area contributed by atoms with E-state index in [1.807, 2.05) is 0 Å². The van der Waals surface area contributed by atoms with Gasteiger partial charge in [-0.2, -0.15) is 0 Å². The van der Waals surface area contributed by atoms with E-state index in [-0.39, 0.29) is 6.10 Å². The van der Waals surface area contributed by atoms with Crippen LogP contribution >= 0.6 is 0 Å². The van der Waals surface area contributed by atoms with Crippen molar-refractivity contribution in [2.75, 3.05) is 6.86 Å². The van der Waals surface area contributed by atoms with Crippen LogP contribution in [0.5, 0.6) is 0 Å². The second-order valence-electron chi connectivity index (χ2n) is 4.60. The van der Waals surface area contributed by atoms with E-state index in [2.05, 4.69) is 13.8 Å². The molecule has 0 rings (SSSR count). The van der Waals surface area contributed by atoms with Crippen LogP contribution in [0.15, 0.2) is 0 Å². The Bertz CT molecular complexity index is 122. The van der Waals surface area contributed by atoms with Crippen molar-refractivity contribution in [2.45, 2.75) is 84.2 Å². The van der Waals surface area contributed by atoms with Crippen LogP contribution in [0.4, 0.5) is 4.39 Å². The Morgan fingerprint density at radius 1 is 0.812 bits per heavy atom. The lowest BCUT2D eigenvalue weighted by Crippen LogP contribution is -2.11. The molecule has 0 aliphatic rings. The Labute approximate surface area is 101 Å². The van der Waals surface area contributed by atoms with Crippen LogP contribution in [0.3, 0.4) is 0 Å². The number of ether oxygens (including phenoxy) is 1. The van der Waals surface area contributed by atoms with Crippen molar-refractivity contribution in [2.24, 2.45) is 0 Å². The van der Waals surface area contributed by atoms with Crippen molar-refractivity contribution < 1.29 is 9.13 Å². The second-order valence-corrected chi connectivity index (χ2v) is 4.60. The number of hydrogen-bond donors (Lipinski definition) is 0. The van der Waals surface area contributed by atoms with Crippen molar-refractivity contribution in [1.82, 2.24) is 0 Å². The molecule has 0 N–H and O–H groups in total. The molecule has 1 nitrogen and oxygen atoms in total. The molecule has 0 aliphatic heterocycles. The monoisotopic (exact) mass is 232 g/mol. The van der Waals surface area contributed by atoms with Crippen LogP contribution in [-0.2, 0) is 4.74 Å². The van der Waals surface area contributed by atoms with E-state index in [1.165, 1.54) is 44.9 Å². The summed E-state index contributed by atoms with van der Waals surface area (Å²) in [5, 5.41) is 0. The molecule has 0 aromatic carbocycles. The van der Waals surface area contributed by atoms with Crippen LogP contribution in [-0.4, -0.2) is 13.0 Å². The van der Waals surface area contributed by atoms with E-state index in [1.54, 1.807) is 0 Å². The van der Waals surface area contributed by atoms with Crippen molar-refractivity contribution in [1.29, 1.82) is 0 Å². The summed E-state index contributed by atoms with van der Waals surface area (Å²) in [6.45, 7) is 3.74. The first kappa shape index (κ1) is 15.9. The van der Waals surface area contributed by atoms with E-state index in [0.717, 1.165) is 19.3 Å². The molecule has 0 radical (unpaired) electrons. The van der Waals surface area contributed by atoms with Crippen LogP contribution in [0.2, 0.25) is 0 Å². The molecule has 2 heteroatoms. The zero-order valence-corrected chi connectivity index (χ0v) is 11.1. The lowest BCUT2D eigenvalue weighted by molar-refractivity contribution is -0.0139. The first-order chi connectivity index (χ1) is 7.85. The van der Waals surface area contributed by atoms with Gasteiger partial charge in [0.2, 0.25) is 0 Å². The molecular weight excluding hydrogens is 203 g/mol. The quantitative estimate of drug-likeness (QED) is 0.418. The van der Waals surface area contributed by atoms with Gasteiger partial charge in [-0.3, -0.25) is 0 Å². The smallest absolute Gasteiger partial charge is 0.188 e. The largest absolute Gasteiger partial charge is 0.347 e. The van der Waals surface area contributed by atoms with Gasteiger partial charge in [-0.05, 0) is 12.8 Å². The maximum atomic E-state index is 12.1. The summed E-state index contributed by atoms with van der Waals surface area (Å²) in [4.78, 5) is 0. The molecule has 0 amide bonds. The molecule has 0 spiro atoms. The minimum absolute atomic E-state index is 0.158. The lowest BCUT2D eigenvalue weighted by atomic mass is 10.0. The van der Waals surface area contributed by atoms with Crippen molar-refractivity contribution >= 4 is 0 Å². The average Bonchev–Trinajstić information content (AvgIpc) is 2.28. The van der Waals surface area contributed by atoms with Gasteiger partial charge in [-0.25, -0.2) is 4.39 Å². The molecular formula is C14H29FO. The molecule has 0 saturated carbocycles. The molecule has 1 unspecified atom stereocenters. The van der Waals surface area contributed by atoms with Crippen LogP contribution < -0.4 is 0 Å². The Hall–Kier alpha value is -0.110. The first-order valence-corrected chi connectivity index (χ1v) is 7.02. The molecule has 0 aliphatic carbocycles. The predicted molar refractivity (Wildman–Crippen MR) is 68.4 cm³/mol. The SMILES string of the molecule is CCCCCCCCCC(CCC)OCF. The molecule has 0 fully saturated rings. The highest BCUT2D eigenvalue weighted by atomic mass is 19.1. The van der Waals surface area contributed by atoms with Gasteiger partial charge in [0.1, 0.15) is 0 Å². The first-order valence-electron chi connectivity index (χ1n) is 7.02. The van der Waals surface area contributed by atoms with Crippen molar-refractivity contribution in [3.05, 3.63) is 0 Å². The summed E-state index contributed by atoms with van der Waals surface area (Å²) in [6, 6.07) is 0. The normalized spacial score (nSPS) is 12.9. The highest BCUT2D eigenvalue weighted by molar-refractivity contribution is 4.57. The van der Waals surface area contributed by atoms with E-state index >= 15 is 0 Å². The Kier molecular flexibility index (Phi) is 12.9.